The second-order valence-electron chi connectivity index (χ2n) is 10.4. The molecule has 0 amide bonds. The van der Waals surface area contributed by atoms with Crippen molar-refractivity contribution in [1.82, 2.24) is 19.9 Å². The second kappa shape index (κ2) is 12.8. The third-order valence-corrected chi connectivity index (χ3v) is 8.01. The molecule has 0 aromatic carbocycles. The van der Waals surface area contributed by atoms with E-state index in [0.717, 1.165) is 72.7 Å². The van der Waals surface area contributed by atoms with Crippen LogP contribution in [0.4, 0.5) is 0 Å². The second-order valence-corrected chi connectivity index (χ2v) is 10.4. The van der Waals surface area contributed by atoms with Crippen molar-refractivity contribution in [1.29, 1.82) is 0 Å². The zero-order valence-corrected chi connectivity index (χ0v) is 25.7. The van der Waals surface area contributed by atoms with Crippen LogP contribution in [0, 0.1) is 13.8 Å². The maximum atomic E-state index is 11.5. The summed E-state index contributed by atoms with van der Waals surface area (Å²) in [5, 5.41) is 9.45. The number of carboxylic acid groups (broad SMARTS) is 1. The molecule has 220 valence electrons. The first-order valence-electron chi connectivity index (χ1n) is 13.7. The van der Waals surface area contributed by atoms with Crippen molar-refractivity contribution in [3.63, 3.8) is 0 Å². The quantitative estimate of drug-likeness (QED) is 0.165. The van der Waals surface area contributed by atoms with Gasteiger partial charge in [0.05, 0.1) is 29.4 Å². The van der Waals surface area contributed by atoms with E-state index in [-0.39, 0.29) is 30.1 Å². The number of fused-ring (bicyclic) bond motifs is 8. The number of aromatic nitrogens is 4. The van der Waals surface area contributed by atoms with Crippen molar-refractivity contribution in [3.8, 4) is 0 Å². The van der Waals surface area contributed by atoms with Gasteiger partial charge in [-0.2, -0.15) is 0 Å². The van der Waals surface area contributed by atoms with Gasteiger partial charge in [0.1, 0.15) is 0 Å². The molecule has 5 rings (SSSR count). The Bertz CT molecular complexity index is 1890. The van der Waals surface area contributed by atoms with Crippen LogP contribution in [-0.4, -0.2) is 34.1 Å². The number of carboxylic acids is 1. The fraction of sp³-hybridized carbons (Fsp3) is 0.235. The van der Waals surface area contributed by atoms with E-state index in [0.29, 0.717) is 36.0 Å². The molecule has 2 aliphatic rings. The molecule has 0 unspecified atom stereocenters. The Kier molecular flexibility index (Phi) is 9.38. The maximum Gasteiger partial charge on any atom is 2.00 e. The Morgan fingerprint density at radius 1 is 0.837 bits per heavy atom. The van der Waals surface area contributed by atoms with Crippen LogP contribution < -0.4 is 9.97 Å². The zero-order chi connectivity index (χ0) is 30.1. The predicted octanol–water partition coefficient (Wildman–Crippen LogP) is 6.46. The Labute approximate surface area is 260 Å². The van der Waals surface area contributed by atoms with Crippen LogP contribution in [0.25, 0.3) is 50.4 Å². The Morgan fingerprint density at radius 3 is 2.12 bits per heavy atom. The van der Waals surface area contributed by atoms with Crippen LogP contribution in [0.3, 0.4) is 0 Å². The molecule has 0 atom stereocenters. The van der Waals surface area contributed by atoms with Crippen molar-refractivity contribution in [2.75, 3.05) is 6.61 Å². The summed E-state index contributed by atoms with van der Waals surface area (Å²) in [4.78, 5) is 42.2. The average Bonchev–Trinajstić information content (AvgIpc) is 3.61. The smallest absolute Gasteiger partial charge is 0.657 e. The minimum atomic E-state index is -0.880. The SMILES string of the molecule is C=CC1=C(C)c2cc3[n-]c(cc4nc(cc5[n-]c(cc1n2)c(C)c5CCC(=O)O)C(CCOC=O)=C4C)c(C)c3C=C.[Fe+2]. The number of aryl methyl sites for hydroxylation is 3. The molecule has 2 aliphatic heterocycles. The average molecular weight is 616 g/mol. The molecule has 0 fully saturated rings. The van der Waals surface area contributed by atoms with E-state index in [1.165, 1.54) is 0 Å². The van der Waals surface area contributed by atoms with Crippen LogP contribution in [0.1, 0.15) is 71.7 Å². The summed E-state index contributed by atoms with van der Waals surface area (Å²) < 4.78 is 5.03. The standard InChI is InChI=1S/C34H33N4O4.Fe/c1-7-22-18(3)26-13-27-21(6)25(11-12-42-17-39)33(37-27)16-32-24(9-10-34(40)41)20(5)29(38-32)15-31-23(8-2)19(4)28(36-31)14-30(22)35-26;/h7-8,13-17H,1-2,9-12H2,3-6H3,(H2-,35,36,37,38,40,41);/q-1;+2/p-1. The van der Waals surface area contributed by atoms with E-state index in [1.807, 2.05) is 58.0 Å². The molecule has 0 saturated heterocycles. The molecule has 8 nitrogen and oxygen atoms in total. The number of carbonyl (C=O) groups excluding carboxylic acids is 1. The molecule has 0 saturated carbocycles. The molecular formula is C34H32FeN4O4. The summed E-state index contributed by atoms with van der Waals surface area (Å²) in [6, 6.07) is 7.75. The first-order valence-corrected chi connectivity index (χ1v) is 13.7. The van der Waals surface area contributed by atoms with Gasteiger partial charge in [0.25, 0.3) is 6.47 Å². The Balaban J connectivity index is 0.00000423. The van der Waals surface area contributed by atoms with Gasteiger partial charge in [0, 0.05) is 18.4 Å². The van der Waals surface area contributed by atoms with Gasteiger partial charge in [-0.15, -0.1) is 22.1 Å². The molecular weight excluding hydrogens is 584 g/mol. The molecule has 0 radical (unpaired) electrons. The van der Waals surface area contributed by atoms with Crippen molar-refractivity contribution < 1.29 is 36.5 Å². The first-order chi connectivity index (χ1) is 20.2. The third-order valence-electron chi connectivity index (χ3n) is 8.01. The summed E-state index contributed by atoms with van der Waals surface area (Å²) in [5.41, 5.74) is 13.2. The number of nitrogens with zero attached hydrogens (tertiary/aromatic N) is 4. The van der Waals surface area contributed by atoms with Gasteiger partial charge in [-0.05, 0) is 56.4 Å². The van der Waals surface area contributed by atoms with E-state index in [9.17, 15) is 14.7 Å². The normalized spacial score (nSPS) is 12.7. The minimum absolute atomic E-state index is 0. The number of allylic oxidation sites excluding steroid dienone is 4. The molecule has 3 aromatic rings. The Morgan fingerprint density at radius 2 is 1.44 bits per heavy atom. The Hall–Kier alpha value is -4.46. The van der Waals surface area contributed by atoms with Gasteiger partial charge in [-0.25, -0.2) is 9.97 Å². The number of aliphatic carboxylic acids is 1. The van der Waals surface area contributed by atoms with Crippen molar-refractivity contribution in [2.45, 2.75) is 47.0 Å². The van der Waals surface area contributed by atoms with Crippen LogP contribution in [-0.2, 0) is 37.8 Å². The molecule has 9 heteroatoms. The van der Waals surface area contributed by atoms with Crippen molar-refractivity contribution >= 4 is 62.9 Å². The summed E-state index contributed by atoms with van der Waals surface area (Å²) in [5.74, 6) is -0.880. The first kappa shape index (κ1) is 31.5. The summed E-state index contributed by atoms with van der Waals surface area (Å²) in [7, 11) is 0. The monoisotopic (exact) mass is 616 g/mol. The van der Waals surface area contributed by atoms with E-state index in [2.05, 4.69) is 13.2 Å². The van der Waals surface area contributed by atoms with E-state index in [1.54, 1.807) is 6.08 Å². The van der Waals surface area contributed by atoms with Gasteiger partial charge in [-0.3, -0.25) is 9.59 Å². The minimum Gasteiger partial charge on any atom is -0.657 e. The number of carbonyl (C=O) groups is 2. The van der Waals surface area contributed by atoms with E-state index in [4.69, 9.17) is 24.7 Å². The molecule has 3 aromatic heterocycles. The van der Waals surface area contributed by atoms with E-state index >= 15 is 0 Å². The number of ether oxygens (including phenoxy) is 1. The molecule has 0 spiro atoms. The van der Waals surface area contributed by atoms with Gasteiger partial charge in [0.2, 0.25) is 0 Å². The zero-order valence-electron chi connectivity index (χ0n) is 24.6. The fourth-order valence-electron chi connectivity index (χ4n) is 5.59. The molecule has 43 heavy (non-hydrogen) atoms. The van der Waals surface area contributed by atoms with Crippen molar-refractivity contribution in [2.24, 2.45) is 0 Å². The molecule has 5 heterocycles. The largest absolute Gasteiger partial charge is 2.00 e. The van der Waals surface area contributed by atoms with Gasteiger partial charge in [-0.1, -0.05) is 66.3 Å². The fourth-order valence-corrected chi connectivity index (χ4v) is 5.59. The summed E-state index contributed by atoms with van der Waals surface area (Å²) in [6.07, 6.45) is 4.36. The molecule has 0 aliphatic carbocycles. The van der Waals surface area contributed by atoms with Gasteiger partial charge in [0.15, 0.2) is 0 Å². The van der Waals surface area contributed by atoms with Crippen LogP contribution in [0.5, 0.6) is 0 Å². The van der Waals surface area contributed by atoms with Crippen LogP contribution in [0.15, 0.2) is 43.5 Å². The van der Waals surface area contributed by atoms with Crippen molar-refractivity contribution in [3.05, 3.63) is 88.5 Å². The molecule has 8 bridgehead atoms. The van der Waals surface area contributed by atoms with Gasteiger partial charge >= 0.3 is 23.0 Å². The number of hydrogen-bond donors (Lipinski definition) is 1. The number of rotatable bonds is 9. The molecule has 1 N–H and O–H groups in total. The van der Waals surface area contributed by atoms with Crippen LogP contribution in [0.2, 0.25) is 0 Å². The maximum absolute atomic E-state index is 11.5. The summed E-state index contributed by atoms with van der Waals surface area (Å²) in [6.45, 7) is 16.7. The topological polar surface area (TPSA) is 118 Å². The van der Waals surface area contributed by atoms with Gasteiger partial charge < -0.3 is 19.8 Å². The number of hydrogen-bond acceptors (Lipinski definition) is 5. The predicted molar refractivity (Wildman–Crippen MR) is 166 cm³/mol. The third kappa shape index (κ3) is 5.91. The summed E-state index contributed by atoms with van der Waals surface area (Å²) >= 11 is 0. The van der Waals surface area contributed by atoms with Crippen LogP contribution >= 0.6 is 0 Å². The van der Waals surface area contributed by atoms with E-state index < -0.39 is 5.97 Å².